The molecule has 3 heterocycles. The quantitative estimate of drug-likeness (QED) is 0.467. The Kier molecular flexibility index (Phi) is 4.14. The van der Waals surface area contributed by atoms with E-state index in [2.05, 4.69) is 31.5 Å². The summed E-state index contributed by atoms with van der Waals surface area (Å²) in [6.07, 6.45) is 3.27. The van der Waals surface area contributed by atoms with Crippen LogP contribution in [0.15, 0.2) is 77.6 Å². The standard InChI is InChI=1S/C21H12FN6O/c22-16-8-4-5-9-17(16)28-19(14-10-12-23-13-11-14)18(25-27-28)21-24-20(26-29-21)15-6-2-1-3-7-15/h1-2,4-13H. The third-order valence-corrected chi connectivity index (χ3v) is 4.30. The minimum atomic E-state index is -0.426. The fourth-order valence-electron chi connectivity index (χ4n) is 2.96. The Morgan fingerprint density at radius 3 is 2.62 bits per heavy atom. The van der Waals surface area contributed by atoms with E-state index < -0.39 is 5.82 Å². The van der Waals surface area contributed by atoms with Crippen LogP contribution in [0.25, 0.3) is 39.9 Å². The van der Waals surface area contributed by atoms with Crippen molar-refractivity contribution in [3.05, 3.63) is 84.9 Å². The zero-order valence-electron chi connectivity index (χ0n) is 14.9. The smallest absolute Gasteiger partial charge is 0.281 e. The molecule has 0 aliphatic rings. The van der Waals surface area contributed by atoms with Crippen molar-refractivity contribution in [1.29, 1.82) is 0 Å². The number of halogens is 1. The molecule has 5 rings (SSSR count). The monoisotopic (exact) mass is 383 g/mol. The van der Waals surface area contributed by atoms with E-state index in [1.165, 1.54) is 10.7 Å². The Labute approximate surface area is 164 Å². The molecule has 0 N–H and O–H groups in total. The van der Waals surface area contributed by atoms with Gasteiger partial charge in [0.25, 0.3) is 5.89 Å². The number of aromatic nitrogens is 6. The van der Waals surface area contributed by atoms with Gasteiger partial charge < -0.3 is 4.52 Å². The fraction of sp³-hybridized carbons (Fsp3) is 0. The van der Waals surface area contributed by atoms with E-state index in [0.29, 0.717) is 17.2 Å². The molecule has 0 aliphatic carbocycles. The summed E-state index contributed by atoms with van der Waals surface area (Å²) in [5, 5.41) is 12.4. The second kappa shape index (κ2) is 7.08. The average molecular weight is 383 g/mol. The predicted molar refractivity (Wildman–Crippen MR) is 102 cm³/mol. The van der Waals surface area contributed by atoms with E-state index in [9.17, 15) is 4.39 Å². The highest BCUT2D eigenvalue weighted by Gasteiger charge is 2.24. The summed E-state index contributed by atoms with van der Waals surface area (Å²) in [5.41, 5.74) is 2.62. The molecule has 0 bridgehead atoms. The maximum atomic E-state index is 14.5. The Balaban J connectivity index is 1.69. The van der Waals surface area contributed by atoms with Crippen LogP contribution in [0.1, 0.15) is 0 Å². The molecule has 7 nitrogen and oxygen atoms in total. The van der Waals surface area contributed by atoms with E-state index in [1.807, 2.05) is 12.1 Å². The van der Waals surface area contributed by atoms with E-state index in [1.54, 1.807) is 54.9 Å². The number of para-hydroxylation sites is 1. The summed E-state index contributed by atoms with van der Waals surface area (Å²) in [6, 6.07) is 20.1. The second-order valence-electron chi connectivity index (χ2n) is 6.10. The first kappa shape index (κ1) is 16.9. The Morgan fingerprint density at radius 2 is 1.83 bits per heavy atom. The van der Waals surface area contributed by atoms with Crippen molar-refractivity contribution in [3.63, 3.8) is 0 Å². The maximum Gasteiger partial charge on any atom is 0.281 e. The van der Waals surface area contributed by atoms with Gasteiger partial charge in [-0.2, -0.15) is 4.98 Å². The normalized spacial score (nSPS) is 10.9. The predicted octanol–water partition coefficient (Wildman–Crippen LogP) is 3.99. The number of hydrogen-bond acceptors (Lipinski definition) is 6. The van der Waals surface area contributed by atoms with E-state index in [4.69, 9.17) is 4.52 Å². The van der Waals surface area contributed by atoms with Crippen LogP contribution >= 0.6 is 0 Å². The van der Waals surface area contributed by atoms with Gasteiger partial charge in [-0.05, 0) is 36.4 Å². The number of rotatable bonds is 4. The molecule has 5 aromatic rings. The molecule has 0 saturated carbocycles. The highest BCUT2D eigenvalue weighted by Crippen LogP contribution is 2.32. The van der Waals surface area contributed by atoms with E-state index in [-0.39, 0.29) is 11.6 Å². The molecule has 1 radical (unpaired) electrons. The lowest BCUT2D eigenvalue weighted by molar-refractivity contribution is 0.431. The molecule has 0 spiro atoms. The van der Waals surface area contributed by atoms with Gasteiger partial charge in [-0.25, -0.2) is 9.07 Å². The molecular formula is C21H12FN6O. The Bertz CT molecular complexity index is 1270. The van der Waals surface area contributed by atoms with Gasteiger partial charge in [0, 0.05) is 23.5 Å². The summed E-state index contributed by atoms with van der Waals surface area (Å²) in [6.45, 7) is 0. The number of pyridine rings is 1. The van der Waals surface area contributed by atoms with Gasteiger partial charge in [0.05, 0.1) is 0 Å². The Hall–Kier alpha value is -4.20. The van der Waals surface area contributed by atoms with E-state index in [0.717, 1.165) is 11.1 Å². The van der Waals surface area contributed by atoms with Gasteiger partial charge in [0.2, 0.25) is 5.82 Å². The molecule has 0 atom stereocenters. The van der Waals surface area contributed by atoms with Gasteiger partial charge >= 0.3 is 0 Å². The van der Waals surface area contributed by atoms with E-state index >= 15 is 0 Å². The van der Waals surface area contributed by atoms with Gasteiger partial charge in [0.1, 0.15) is 17.2 Å². The van der Waals surface area contributed by atoms with Gasteiger partial charge in [-0.15, -0.1) is 5.10 Å². The molecule has 0 unspecified atom stereocenters. The highest BCUT2D eigenvalue weighted by molar-refractivity contribution is 5.76. The molecule has 0 aliphatic heterocycles. The molecule has 139 valence electrons. The minimum absolute atomic E-state index is 0.179. The van der Waals surface area contributed by atoms with Crippen LogP contribution in [0.4, 0.5) is 4.39 Å². The number of benzene rings is 2. The first-order valence-electron chi connectivity index (χ1n) is 8.73. The minimum Gasteiger partial charge on any atom is -0.332 e. The average Bonchev–Trinajstić information content (AvgIpc) is 3.43. The zero-order valence-corrected chi connectivity index (χ0v) is 14.9. The lowest BCUT2D eigenvalue weighted by Crippen LogP contribution is -2.02. The van der Waals surface area contributed by atoms with Crippen molar-refractivity contribution in [2.45, 2.75) is 0 Å². The van der Waals surface area contributed by atoms with Gasteiger partial charge in [0.15, 0.2) is 5.69 Å². The fourth-order valence-corrected chi connectivity index (χ4v) is 2.96. The molecule has 0 saturated heterocycles. The van der Waals surface area contributed by atoms with Gasteiger partial charge in [-0.1, -0.05) is 40.7 Å². The van der Waals surface area contributed by atoms with Crippen molar-refractivity contribution in [2.75, 3.05) is 0 Å². The zero-order chi connectivity index (χ0) is 19.6. The third-order valence-electron chi connectivity index (χ3n) is 4.30. The summed E-state index contributed by atoms with van der Waals surface area (Å²) < 4.78 is 21.3. The first-order chi connectivity index (χ1) is 14.3. The SMILES string of the molecule is Fc1ccccc1-n1nnc(-c2nc(-c3c[c]ccc3)no2)c1-c1ccncc1. The largest absolute Gasteiger partial charge is 0.332 e. The Morgan fingerprint density at radius 1 is 0.966 bits per heavy atom. The lowest BCUT2D eigenvalue weighted by atomic mass is 10.1. The van der Waals surface area contributed by atoms with Crippen molar-refractivity contribution < 1.29 is 8.91 Å². The number of nitrogens with zero attached hydrogens (tertiary/aromatic N) is 6. The van der Waals surface area contributed by atoms with Crippen LogP contribution in [0, 0.1) is 11.9 Å². The molecule has 3 aromatic heterocycles. The molecule has 8 heteroatoms. The molecule has 0 fully saturated rings. The topological polar surface area (TPSA) is 82.5 Å². The number of hydrogen-bond donors (Lipinski definition) is 0. The van der Waals surface area contributed by atoms with Crippen LogP contribution in [0.3, 0.4) is 0 Å². The van der Waals surface area contributed by atoms with Crippen molar-refractivity contribution in [1.82, 2.24) is 30.1 Å². The summed E-state index contributed by atoms with van der Waals surface area (Å²) in [4.78, 5) is 8.49. The molecule has 0 amide bonds. The second-order valence-corrected chi connectivity index (χ2v) is 6.10. The van der Waals surface area contributed by atoms with Crippen LogP contribution in [0.2, 0.25) is 0 Å². The van der Waals surface area contributed by atoms with Crippen molar-refractivity contribution >= 4 is 0 Å². The van der Waals surface area contributed by atoms with Crippen molar-refractivity contribution in [3.8, 4) is 39.9 Å². The van der Waals surface area contributed by atoms with Crippen molar-refractivity contribution in [2.24, 2.45) is 0 Å². The van der Waals surface area contributed by atoms with Crippen LogP contribution in [-0.4, -0.2) is 30.1 Å². The summed E-state index contributed by atoms with van der Waals surface area (Å²) in [5.74, 6) is 0.154. The molecule has 29 heavy (non-hydrogen) atoms. The maximum absolute atomic E-state index is 14.5. The molecule has 2 aromatic carbocycles. The summed E-state index contributed by atoms with van der Waals surface area (Å²) in [7, 11) is 0. The first-order valence-corrected chi connectivity index (χ1v) is 8.73. The third kappa shape index (κ3) is 3.06. The summed E-state index contributed by atoms with van der Waals surface area (Å²) >= 11 is 0. The van der Waals surface area contributed by atoms with Crippen LogP contribution in [-0.2, 0) is 0 Å². The molecular weight excluding hydrogens is 371 g/mol. The van der Waals surface area contributed by atoms with Crippen LogP contribution in [0.5, 0.6) is 0 Å². The van der Waals surface area contributed by atoms with Crippen LogP contribution < -0.4 is 0 Å². The highest BCUT2D eigenvalue weighted by atomic mass is 19.1. The lowest BCUT2D eigenvalue weighted by Gasteiger charge is -2.08. The van der Waals surface area contributed by atoms with Gasteiger partial charge in [-0.3, -0.25) is 4.98 Å².